The molecule has 0 radical (unpaired) electrons. The van der Waals surface area contributed by atoms with Crippen molar-refractivity contribution in [2.24, 2.45) is 0 Å². The van der Waals surface area contributed by atoms with E-state index in [9.17, 15) is 10.1 Å². The lowest BCUT2D eigenvalue weighted by Gasteiger charge is -2.01. The van der Waals surface area contributed by atoms with Crippen LogP contribution in [0.3, 0.4) is 0 Å². The summed E-state index contributed by atoms with van der Waals surface area (Å²) in [5, 5.41) is 10.9. The van der Waals surface area contributed by atoms with E-state index >= 15 is 0 Å². The van der Waals surface area contributed by atoms with Crippen LogP contribution in [0.15, 0.2) is 83.3 Å². The summed E-state index contributed by atoms with van der Waals surface area (Å²) in [5.41, 5.74) is 4.18. The second-order valence-corrected chi connectivity index (χ2v) is 6.43. The van der Waals surface area contributed by atoms with Gasteiger partial charge in [-0.1, -0.05) is 48.4 Å². The standard InChI is InChI=1S/C24H16N2O3/c1-17-7-5-6-10-21(17)23-22(16-11-18-8-3-2-4-9-18)29-24(25-23)19-12-14-20(15-13-19)26(27)28/h2-10,12-15H,1H3. The van der Waals surface area contributed by atoms with Crippen LogP contribution in [0.25, 0.3) is 22.7 Å². The molecular weight excluding hydrogens is 364 g/mol. The van der Waals surface area contributed by atoms with Crippen molar-refractivity contribution in [1.29, 1.82) is 0 Å². The van der Waals surface area contributed by atoms with Crippen molar-refractivity contribution in [3.63, 3.8) is 0 Å². The van der Waals surface area contributed by atoms with Gasteiger partial charge in [0.15, 0.2) is 0 Å². The molecule has 0 aliphatic carbocycles. The number of hydrogen-bond acceptors (Lipinski definition) is 4. The lowest BCUT2D eigenvalue weighted by Crippen LogP contribution is -1.87. The lowest BCUT2D eigenvalue weighted by molar-refractivity contribution is -0.384. The topological polar surface area (TPSA) is 69.2 Å². The Labute approximate surface area is 167 Å². The van der Waals surface area contributed by atoms with E-state index in [0.29, 0.717) is 22.9 Å². The molecule has 0 spiro atoms. The van der Waals surface area contributed by atoms with E-state index < -0.39 is 4.92 Å². The Hall–Kier alpha value is -4.17. The van der Waals surface area contributed by atoms with Crippen molar-refractivity contribution >= 4 is 5.69 Å². The van der Waals surface area contributed by atoms with Crippen LogP contribution in [0, 0.1) is 28.9 Å². The Balaban J connectivity index is 1.82. The van der Waals surface area contributed by atoms with E-state index in [1.807, 2.05) is 61.5 Å². The molecule has 140 valence electrons. The van der Waals surface area contributed by atoms with E-state index in [1.165, 1.54) is 12.1 Å². The number of aryl methyl sites for hydroxylation is 1. The van der Waals surface area contributed by atoms with Crippen LogP contribution in [0.5, 0.6) is 0 Å². The van der Waals surface area contributed by atoms with Gasteiger partial charge in [0.1, 0.15) is 5.69 Å². The highest BCUT2D eigenvalue weighted by Crippen LogP contribution is 2.31. The van der Waals surface area contributed by atoms with Gasteiger partial charge in [-0.15, -0.1) is 0 Å². The molecule has 0 N–H and O–H groups in total. The van der Waals surface area contributed by atoms with E-state index in [4.69, 9.17) is 4.42 Å². The van der Waals surface area contributed by atoms with Crippen molar-refractivity contribution in [1.82, 2.24) is 4.98 Å². The van der Waals surface area contributed by atoms with Gasteiger partial charge >= 0.3 is 0 Å². The second kappa shape index (κ2) is 7.83. The van der Waals surface area contributed by atoms with Crippen LogP contribution < -0.4 is 0 Å². The maximum atomic E-state index is 10.9. The molecule has 0 atom stereocenters. The molecule has 5 nitrogen and oxygen atoms in total. The second-order valence-electron chi connectivity index (χ2n) is 6.43. The first kappa shape index (κ1) is 18.2. The van der Waals surface area contributed by atoms with Gasteiger partial charge in [-0.25, -0.2) is 4.98 Å². The molecule has 0 saturated heterocycles. The fourth-order valence-electron chi connectivity index (χ4n) is 2.93. The van der Waals surface area contributed by atoms with Crippen molar-refractivity contribution in [3.05, 3.63) is 106 Å². The van der Waals surface area contributed by atoms with Gasteiger partial charge in [0, 0.05) is 28.8 Å². The van der Waals surface area contributed by atoms with Crippen molar-refractivity contribution in [2.75, 3.05) is 0 Å². The van der Waals surface area contributed by atoms with E-state index in [1.54, 1.807) is 12.1 Å². The Bertz CT molecular complexity index is 1230. The fourth-order valence-corrected chi connectivity index (χ4v) is 2.93. The summed E-state index contributed by atoms with van der Waals surface area (Å²) in [7, 11) is 0. The van der Waals surface area contributed by atoms with Crippen LogP contribution in [-0.4, -0.2) is 9.91 Å². The third-order valence-corrected chi connectivity index (χ3v) is 4.45. The highest BCUT2D eigenvalue weighted by atomic mass is 16.6. The van der Waals surface area contributed by atoms with Gasteiger partial charge in [-0.3, -0.25) is 10.1 Å². The zero-order valence-electron chi connectivity index (χ0n) is 15.6. The number of aromatic nitrogens is 1. The first-order chi connectivity index (χ1) is 14.1. The molecule has 5 heteroatoms. The largest absolute Gasteiger partial charge is 0.427 e. The molecule has 0 fully saturated rings. The summed E-state index contributed by atoms with van der Waals surface area (Å²) < 4.78 is 5.98. The molecule has 1 aromatic heterocycles. The number of nitro benzene ring substituents is 1. The zero-order valence-corrected chi connectivity index (χ0v) is 15.6. The first-order valence-corrected chi connectivity index (χ1v) is 9.00. The average Bonchev–Trinajstić information content (AvgIpc) is 3.17. The molecule has 4 rings (SSSR count). The minimum atomic E-state index is -0.436. The highest BCUT2D eigenvalue weighted by Gasteiger charge is 2.17. The predicted octanol–water partition coefficient (Wildman–Crippen LogP) is 5.63. The molecule has 0 aliphatic heterocycles. The minimum Gasteiger partial charge on any atom is -0.427 e. The smallest absolute Gasteiger partial charge is 0.269 e. The Morgan fingerprint density at radius 3 is 2.28 bits per heavy atom. The maximum Gasteiger partial charge on any atom is 0.269 e. The summed E-state index contributed by atoms with van der Waals surface area (Å²) >= 11 is 0. The average molecular weight is 380 g/mol. The highest BCUT2D eigenvalue weighted by molar-refractivity contribution is 5.71. The lowest BCUT2D eigenvalue weighted by atomic mass is 10.0. The fraction of sp³-hybridized carbons (Fsp3) is 0.0417. The van der Waals surface area contributed by atoms with Gasteiger partial charge < -0.3 is 4.42 Å². The first-order valence-electron chi connectivity index (χ1n) is 9.00. The van der Waals surface area contributed by atoms with Crippen LogP contribution in [-0.2, 0) is 0 Å². The summed E-state index contributed by atoms with van der Waals surface area (Å²) in [6, 6.07) is 23.6. The predicted molar refractivity (Wildman–Crippen MR) is 111 cm³/mol. The molecule has 29 heavy (non-hydrogen) atoms. The monoisotopic (exact) mass is 380 g/mol. The minimum absolute atomic E-state index is 0.0172. The normalized spacial score (nSPS) is 10.2. The van der Waals surface area contributed by atoms with Gasteiger partial charge in [0.05, 0.1) is 4.92 Å². The number of benzene rings is 3. The SMILES string of the molecule is Cc1ccccc1-c1nc(-c2ccc([N+](=O)[O-])cc2)oc1C#Cc1ccccc1. The summed E-state index contributed by atoms with van der Waals surface area (Å²) in [6.45, 7) is 2.00. The maximum absolute atomic E-state index is 10.9. The molecule has 0 unspecified atom stereocenters. The van der Waals surface area contributed by atoms with Crippen LogP contribution in [0.1, 0.15) is 16.9 Å². The Kier molecular flexibility index (Phi) is 4.91. The zero-order chi connectivity index (χ0) is 20.2. The van der Waals surface area contributed by atoms with Crippen molar-refractivity contribution in [2.45, 2.75) is 6.92 Å². The summed E-state index contributed by atoms with van der Waals surface area (Å²) in [5.74, 6) is 7.02. The molecule has 0 amide bonds. The number of nitro groups is 1. The molecule has 0 saturated carbocycles. The van der Waals surface area contributed by atoms with Gasteiger partial charge in [0.2, 0.25) is 11.7 Å². The van der Waals surface area contributed by atoms with Crippen LogP contribution in [0.4, 0.5) is 5.69 Å². The number of rotatable bonds is 3. The Morgan fingerprint density at radius 2 is 1.59 bits per heavy atom. The van der Waals surface area contributed by atoms with Gasteiger partial charge in [-0.2, -0.15) is 0 Å². The van der Waals surface area contributed by atoms with E-state index in [-0.39, 0.29) is 5.69 Å². The van der Waals surface area contributed by atoms with E-state index in [2.05, 4.69) is 16.8 Å². The number of non-ortho nitro benzene ring substituents is 1. The van der Waals surface area contributed by atoms with Crippen LogP contribution in [0.2, 0.25) is 0 Å². The van der Waals surface area contributed by atoms with Crippen molar-refractivity contribution in [3.8, 4) is 34.6 Å². The van der Waals surface area contributed by atoms with Crippen molar-refractivity contribution < 1.29 is 9.34 Å². The number of oxazole rings is 1. The molecular formula is C24H16N2O3. The molecule has 4 aromatic rings. The Morgan fingerprint density at radius 1 is 0.897 bits per heavy atom. The number of hydrogen-bond donors (Lipinski definition) is 0. The quantitative estimate of drug-likeness (QED) is 0.263. The van der Waals surface area contributed by atoms with E-state index in [0.717, 1.165) is 16.7 Å². The summed E-state index contributed by atoms with van der Waals surface area (Å²) in [6.07, 6.45) is 0. The third kappa shape index (κ3) is 3.92. The van der Waals surface area contributed by atoms with Crippen LogP contribution >= 0.6 is 0 Å². The third-order valence-electron chi connectivity index (χ3n) is 4.45. The number of nitrogens with zero attached hydrogens (tertiary/aromatic N) is 2. The summed E-state index contributed by atoms with van der Waals surface area (Å²) in [4.78, 5) is 15.1. The molecule has 0 aliphatic rings. The molecule has 3 aromatic carbocycles. The molecule has 1 heterocycles. The van der Waals surface area contributed by atoms with Gasteiger partial charge in [0.25, 0.3) is 5.69 Å². The molecule has 0 bridgehead atoms. The van der Waals surface area contributed by atoms with Gasteiger partial charge in [-0.05, 0) is 42.7 Å².